The van der Waals surface area contributed by atoms with Crippen LogP contribution < -0.4 is 10.0 Å². The summed E-state index contributed by atoms with van der Waals surface area (Å²) < 4.78 is 27.1. The fourth-order valence-electron chi connectivity index (χ4n) is 2.98. The summed E-state index contributed by atoms with van der Waals surface area (Å²) in [6.45, 7) is 2.95. The topological polar surface area (TPSA) is 95.5 Å². The van der Waals surface area contributed by atoms with Crippen LogP contribution in [-0.2, 0) is 10.0 Å². The number of hydrogen-bond acceptors (Lipinski definition) is 4. The van der Waals surface area contributed by atoms with Crippen molar-refractivity contribution >= 4 is 21.7 Å². The van der Waals surface area contributed by atoms with Gasteiger partial charge in [0.15, 0.2) is 0 Å². The molecule has 0 bridgehead atoms. The van der Waals surface area contributed by atoms with Gasteiger partial charge in [-0.25, -0.2) is 17.9 Å². The number of rotatable bonds is 10. The Bertz CT molecular complexity index is 757. The SMILES string of the molecule is CCCCNS(=O)(=O)c1ccc(NCCC2=CCCCC2)c(C(=O)O)c1. The molecule has 0 fully saturated rings. The molecule has 0 radical (unpaired) electrons. The lowest BCUT2D eigenvalue weighted by Gasteiger charge is -2.15. The van der Waals surface area contributed by atoms with Crippen molar-refractivity contribution in [3.05, 3.63) is 35.4 Å². The van der Waals surface area contributed by atoms with Crippen molar-refractivity contribution < 1.29 is 18.3 Å². The first kappa shape index (κ1) is 20.5. The van der Waals surface area contributed by atoms with Crippen LogP contribution in [0.1, 0.15) is 62.2 Å². The van der Waals surface area contributed by atoms with E-state index in [1.807, 2.05) is 6.92 Å². The number of benzene rings is 1. The van der Waals surface area contributed by atoms with Crippen LogP contribution in [0.15, 0.2) is 34.7 Å². The molecule has 0 saturated carbocycles. The Kier molecular flexibility index (Phi) is 7.66. The molecule has 144 valence electrons. The van der Waals surface area contributed by atoms with Crippen molar-refractivity contribution in [1.29, 1.82) is 0 Å². The summed E-state index contributed by atoms with van der Waals surface area (Å²) >= 11 is 0. The Labute approximate surface area is 155 Å². The molecule has 0 unspecified atom stereocenters. The smallest absolute Gasteiger partial charge is 0.337 e. The van der Waals surface area contributed by atoms with Gasteiger partial charge in [-0.05, 0) is 56.7 Å². The van der Waals surface area contributed by atoms with Crippen LogP contribution in [0.2, 0.25) is 0 Å². The molecule has 0 atom stereocenters. The summed E-state index contributed by atoms with van der Waals surface area (Å²) in [6, 6.07) is 4.20. The maximum absolute atomic E-state index is 12.3. The summed E-state index contributed by atoms with van der Waals surface area (Å²) in [5.74, 6) is -1.14. The molecule has 26 heavy (non-hydrogen) atoms. The predicted octanol–water partition coefficient (Wildman–Crippen LogP) is 3.77. The molecule has 1 aromatic carbocycles. The minimum atomic E-state index is -3.69. The Morgan fingerprint density at radius 2 is 2.04 bits per heavy atom. The highest BCUT2D eigenvalue weighted by Crippen LogP contribution is 2.23. The fourth-order valence-corrected chi connectivity index (χ4v) is 4.08. The van der Waals surface area contributed by atoms with E-state index >= 15 is 0 Å². The minimum Gasteiger partial charge on any atom is -0.478 e. The van der Waals surface area contributed by atoms with Crippen LogP contribution in [-0.4, -0.2) is 32.6 Å². The Morgan fingerprint density at radius 3 is 2.69 bits per heavy atom. The van der Waals surface area contributed by atoms with Gasteiger partial charge in [0, 0.05) is 18.8 Å². The molecular weight excluding hydrogens is 352 g/mol. The number of allylic oxidation sites excluding steroid dienone is 1. The van der Waals surface area contributed by atoms with Gasteiger partial charge in [0.25, 0.3) is 0 Å². The molecule has 0 amide bonds. The van der Waals surface area contributed by atoms with Crippen LogP contribution in [0.25, 0.3) is 0 Å². The Hall–Kier alpha value is -1.86. The molecule has 0 aromatic heterocycles. The van der Waals surface area contributed by atoms with E-state index in [4.69, 9.17) is 0 Å². The lowest BCUT2D eigenvalue weighted by atomic mass is 9.97. The molecule has 0 aliphatic heterocycles. The van der Waals surface area contributed by atoms with Gasteiger partial charge >= 0.3 is 5.97 Å². The van der Waals surface area contributed by atoms with E-state index in [0.717, 1.165) is 32.1 Å². The number of carbonyl (C=O) groups is 1. The van der Waals surface area contributed by atoms with Crippen LogP contribution in [0, 0.1) is 0 Å². The molecule has 0 spiro atoms. The first-order chi connectivity index (χ1) is 12.4. The average Bonchev–Trinajstić information content (AvgIpc) is 2.62. The third kappa shape index (κ3) is 5.85. The van der Waals surface area contributed by atoms with Crippen molar-refractivity contribution in [2.75, 3.05) is 18.4 Å². The number of anilines is 1. The maximum Gasteiger partial charge on any atom is 0.337 e. The van der Waals surface area contributed by atoms with E-state index in [1.165, 1.54) is 36.6 Å². The lowest BCUT2D eigenvalue weighted by Crippen LogP contribution is -2.25. The molecule has 2 rings (SSSR count). The van der Waals surface area contributed by atoms with Gasteiger partial charge in [-0.2, -0.15) is 0 Å². The largest absolute Gasteiger partial charge is 0.478 e. The van der Waals surface area contributed by atoms with E-state index in [9.17, 15) is 18.3 Å². The maximum atomic E-state index is 12.3. The zero-order valence-electron chi connectivity index (χ0n) is 15.3. The number of aromatic carboxylic acids is 1. The normalized spacial score (nSPS) is 14.7. The summed E-state index contributed by atoms with van der Waals surface area (Å²) in [4.78, 5) is 11.5. The Balaban J connectivity index is 2.07. The number of carboxylic acid groups (broad SMARTS) is 1. The number of unbranched alkanes of at least 4 members (excludes halogenated alkanes) is 1. The monoisotopic (exact) mass is 380 g/mol. The van der Waals surface area contributed by atoms with E-state index in [1.54, 1.807) is 0 Å². The number of hydrogen-bond donors (Lipinski definition) is 3. The summed E-state index contributed by atoms with van der Waals surface area (Å²) in [5.41, 5.74) is 1.82. The van der Waals surface area contributed by atoms with Gasteiger partial charge < -0.3 is 10.4 Å². The summed E-state index contributed by atoms with van der Waals surface area (Å²) in [7, 11) is -3.69. The van der Waals surface area contributed by atoms with E-state index < -0.39 is 16.0 Å². The molecule has 1 aliphatic carbocycles. The second-order valence-electron chi connectivity index (χ2n) is 6.55. The van der Waals surface area contributed by atoms with Crippen molar-refractivity contribution in [2.45, 2.75) is 56.8 Å². The fraction of sp³-hybridized carbons (Fsp3) is 0.526. The van der Waals surface area contributed by atoms with Crippen molar-refractivity contribution in [3.63, 3.8) is 0 Å². The average molecular weight is 381 g/mol. The molecular formula is C19H28N2O4S. The van der Waals surface area contributed by atoms with Crippen LogP contribution in [0.3, 0.4) is 0 Å². The van der Waals surface area contributed by atoms with Crippen LogP contribution in [0.4, 0.5) is 5.69 Å². The highest BCUT2D eigenvalue weighted by Gasteiger charge is 2.18. The van der Waals surface area contributed by atoms with E-state index in [0.29, 0.717) is 18.8 Å². The first-order valence-electron chi connectivity index (χ1n) is 9.23. The van der Waals surface area contributed by atoms with E-state index in [-0.39, 0.29) is 10.5 Å². The third-order valence-electron chi connectivity index (χ3n) is 4.50. The quantitative estimate of drug-likeness (QED) is 0.424. The minimum absolute atomic E-state index is 0.0217. The second kappa shape index (κ2) is 9.73. The standard InChI is InChI=1S/C19H28N2O4S/c1-2-3-12-21-26(24,25)16-9-10-18(17(14-16)19(22)23)20-13-11-15-7-5-4-6-8-15/h7,9-10,14,20-21H,2-6,8,11-13H2,1H3,(H,22,23). The molecule has 1 aliphatic rings. The zero-order valence-corrected chi connectivity index (χ0v) is 16.1. The Morgan fingerprint density at radius 1 is 1.23 bits per heavy atom. The summed E-state index contributed by atoms with van der Waals surface area (Å²) in [6.07, 6.45) is 9.43. The van der Waals surface area contributed by atoms with Crippen molar-refractivity contribution in [3.8, 4) is 0 Å². The molecule has 3 N–H and O–H groups in total. The predicted molar refractivity (Wildman–Crippen MR) is 103 cm³/mol. The highest BCUT2D eigenvalue weighted by atomic mass is 32.2. The van der Waals surface area contributed by atoms with Gasteiger partial charge in [-0.3, -0.25) is 0 Å². The van der Waals surface area contributed by atoms with Gasteiger partial charge in [0.2, 0.25) is 10.0 Å². The molecule has 0 saturated heterocycles. The third-order valence-corrected chi connectivity index (χ3v) is 5.96. The number of nitrogens with one attached hydrogen (secondary N) is 2. The second-order valence-corrected chi connectivity index (χ2v) is 8.32. The zero-order chi connectivity index (χ0) is 19.0. The lowest BCUT2D eigenvalue weighted by molar-refractivity contribution is 0.0697. The first-order valence-corrected chi connectivity index (χ1v) is 10.7. The van der Waals surface area contributed by atoms with Crippen molar-refractivity contribution in [1.82, 2.24) is 4.72 Å². The summed E-state index contributed by atoms with van der Waals surface area (Å²) in [5, 5.41) is 12.6. The van der Waals surface area contributed by atoms with Gasteiger partial charge in [0.1, 0.15) is 0 Å². The highest BCUT2D eigenvalue weighted by molar-refractivity contribution is 7.89. The number of carboxylic acids is 1. The molecule has 1 aromatic rings. The molecule has 0 heterocycles. The van der Waals surface area contributed by atoms with Gasteiger partial charge in [-0.15, -0.1) is 0 Å². The molecule has 6 nitrogen and oxygen atoms in total. The van der Waals surface area contributed by atoms with E-state index in [2.05, 4.69) is 16.1 Å². The van der Waals surface area contributed by atoms with Crippen LogP contribution >= 0.6 is 0 Å². The van der Waals surface area contributed by atoms with Crippen molar-refractivity contribution in [2.24, 2.45) is 0 Å². The number of sulfonamides is 1. The van der Waals surface area contributed by atoms with Crippen LogP contribution in [0.5, 0.6) is 0 Å². The van der Waals surface area contributed by atoms with Gasteiger partial charge in [0.05, 0.1) is 10.5 Å². The van der Waals surface area contributed by atoms with Gasteiger partial charge in [-0.1, -0.05) is 25.0 Å². The molecule has 7 heteroatoms.